The Kier molecular flexibility index (Phi) is 7.50. The van der Waals surface area contributed by atoms with Crippen LogP contribution in [0.2, 0.25) is 0 Å². The Hall–Kier alpha value is -4.01. The third kappa shape index (κ3) is 5.44. The van der Waals surface area contributed by atoms with Gasteiger partial charge >= 0.3 is 0 Å². The molecule has 1 aliphatic rings. The monoisotopic (exact) mass is 688 g/mol. The van der Waals surface area contributed by atoms with Crippen LogP contribution in [0.3, 0.4) is 0 Å². The van der Waals surface area contributed by atoms with Gasteiger partial charge in [0.05, 0.1) is 6.20 Å². The molecule has 196 valence electrons. The molecule has 0 aliphatic carbocycles. The molecule has 0 bridgehead atoms. The summed E-state index contributed by atoms with van der Waals surface area (Å²) in [5.41, 5.74) is 4.07. The fourth-order valence-electron chi connectivity index (χ4n) is 4.57. The molecular formula is C34H27N3OPt-2. The number of para-hydroxylation sites is 1. The van der Waals surface area contributed by atoms with Crippen LogP contribution in [0.4, 0.5) is 5.69 Å². The molecule has 0 amide bonds. The zero-order valence-corrected chi connectivity index (χ0v) is 24.2. The van der Waals surface area contributed by atoms with E-state index < -0.39 is 0 Å². The maximum atomic E-state index is 6.28. The standard InChI is InChI=1S/C34H27N3O.Pt/c1-34(2,3)25-18-19-35-33(22-25)37-31-15-8-7-14-29(31)30-17-16-28(24-32(30)37)38-27-13-11-12-26(23-27)36-20-9-5-4-6-10-21-36;/h4-20,22H,1-3H3;/q-2;/b5-4-,6-4?,9-5?,10-6-,20-9-,36-20?;. The van der Waals surface area contributed by atoms with Crippen molar-refractivity contribution in [3.8, 4) is 17.3 Å². The van der Waals surface area contributed by atoms with E-state index in [9.17, 15) is 0 Å². The van der Waals surface area contributed by atoms with E-state index in [1.165, 1.54) is 5.56 Å². The zero-order chi connectivity index (χ0) is 26.1. The summed E-state index contributed by atoms with van der Waals surface area (Å²) < 4.78 is 10.3. The Balaban J connectivity index is 0.00000308. The Morgan fingerprint density at radius 3 is 2.51 bits per heavy atom. The molecule has 0 spiro atoms. The van der Waals surface area contributed by atoms with Crippen molar-refractivity contribution in [1.29, 1.82) is 0 Å². The molecule has 0 fully saturated rings. The number of benzene rings is 3. The molecule has 5 heteroatoms. The topological polar surface area (TPSA) is 30.1 Å². The van der Waals surface area contributed by atoms with E-state index in [4.69, 9.17) is 9.72 Å². The molecule has 0 N–H and O–H groups in total. The van der Waals surface area contributed by atoms with Crippen LogP contribution in [0.5, 0.6) is 11.5 Å². The average molecular weight is 689 g/mol. The number of allylic oxidation sites excluding steroid dienone is 5. The minimum Gasteiger partial charge on any atom is -0.510 e. The summed E-state index contributed by atoms with van der Waals surface area (Å²) in [6.07, 6.45) is 16.7. The number of hydrogen-bond acceptors (Lipinski definition) is 2. The normalized spacial score (nSPS) is 16.9. The number of fused-ring (bicyclic) bond motifs is 3. The number of aromatic nitrogens is 2. The summed E-state index contributed by atoms with van der Waals surface area (Å²) >= 11 is 0. The third-order valence-electron chi connectivity index (χ3n) is 6.51. The molecular weight excluding hydrogens is 661 g/mol. The van der Waals surface area contributed by atoms with Gasteiger partial charge in [-0.15, -0.1) is 47.9 Å². The molecule has 3 heterocycles. The maximum Gasteiger partial charge on any atom is 0.150 e. The van der Waals surface area contributed by atoms with E-state index in [0.717, 1.165) is 33.3 Å². The van der Waals surface area contributed by atoms with Crippen LogP contribution in [-0.4, -0.2) is 20.3 Å². The van der Waals surface area contributed by atoms with Crippen LogP contribution in [0.1, 0.15) is 26.3 Å². The Bertz CT molecular complexity index is 1780. The molecule has 39 heavy (non-hydrogen) atoms. The molecule has 4 nitrogen and oxygen atoms in total. The molecule has 0 saturated heterocycles. The second-order valence-corrected chi connectivity index (χ2v) is 10.2. The van der Waals surface area contributed by atoms with Crippen molar-refractivity contribution in [2.24, 2.45) is 0 Å². The van der Waals surface area contributed by atoms with Crippen LogP contribution in [0, 0.1) is 12.1 Å². The van der Waals surface area contributed by atoms with Gasteiger partial charge in [0, 0.05) is 50.0 Å². The summed E-state index contributed by atoms with van der Waals surface area (Å²) in [6.45, 7) is 6.64. The van der Waals surface area contributed by atoms with Crippen LogP contribution < -0.4 is 4.74 Å². The molecule has 0 saturated carbocycles. The van der Waals surface area contributed by atoms with Gasteiger partial charge in [0.25, 0.3) is 0 Å². The van der Waals surface area contributed by atoms with Crippen molar-refractivity contribution in [1.82, 2.24) is 9.55 Å². The zero-order valence-electron chi connectivity index (χ0n) is 22.0. The fourth-order valence-corrected chi connectivity index (χ4v) is 4.57. The van der Waals surface area contributed by atoms with Crippen LogP contribution in [0.25, 0.3) is 27.6 Å². The molecule has 3 aromatic carbocycles. The van der Waals surface area contributed by atoms with Gasteiger partial charge in [-0.1, -0.05) is 56.6 Å². The van der Waals surface area contributed by atoms with E-state index in [1.54, 1.807) is 0 Å². The van der Waals surface area contributed by atoms with Crippen molar-refractivity contribution in [3.63, 3.8) is 0 Å². The van der Waals surface area contributed by atoms with Crippen molar-refractivity contribution in [2.75, 3.05) is 0 Å². The molecule has 0 unspecified atom stereocenters. The Labute approximate surface area is 243 Å². The molecule has 6 rings (SSSR count). The third-order valence-corrected chi connectivity index (χ3v) is 6.51. The Morgan fingerprint density at radius 2 is 1.64 bits per heavy atom. The van der Waals surface area contributed by atoms with E-state index >= 15 is 0 Å². The van der Waals surface area contributed by atoms with Gasteiger partial charge in [-0.25, -0.2) is 4.98 Å². The van der Waals surface area contributed by atoms with E-state index in [-0.39, 0.29) is 26.5 Å². The van der Waals surface area contributed by atoms with Crippen LogP contribution >= 0.6 is 0 Å². The summed E-state index contributed by atoms with van der Waals surface area (Å²) in [5, 5.41) is 2.25. The first-order valence-corrected chi connectivity index (χ1v) is 12.7. The first-order chi connectivity index (χ1) is 18.5. The number of hydrogen-bond donors (Lipinski definition) is 0. The SMILES string of the molecule is CC(C)(C)c1ccnc(-n2c3[c-]c(Oc4[c-]c([N+]5=[C-]/C=C\C=C/C=C\5)ccc4)ccc3c3ccccc32)c1.[Pt]. The number of pyridine rings is 1. The van der Waals surface area contributed by atoms with Crippen LogP contribution in [-0.2, 0) is 26.5 Å². The van der Waals surface area contributed by atoms with E-state index in [1.807, 2.05) is 71.6 Å². The predicted octanol–water partition coefficient (Wildman–Crippen LogP) is 8.10. The first-order valence-electron chi connectivity index (χ1n) is 12.7. The Morgan fingerprint density at radius 1 is 0.821 bits per heavy atom. The van der Waals surface area contributed by atoms with Crippen molar-refractivity contribution < 1.29 is 30.4 Å². The minimum absolute atomic E-state index is 0. The molecule has 1 aliphatic heterocycles. The van der Waals surface area contributed by atoms with Gasteiger partial charge in [-0.05, 0) is 40.6 Å². The van der Waals surface area contributed by atoms with Crippen molar-refractivity contribution in [3.05, 3.63) is 127 Å². The van der Waals surface area contributed by atoms with Gasteiger partial charge in [-0.3, -0.25) is 0 Å². The van der Waals surface area contributed by atoms with E-state index in [0.29, 0.717) is 11.5 Å². The molecule has 5 aromatic rings. The molecule has 0 atom stereocenters. The second kappa shape index (κ2) is 11.0. The summed E-state index contributed by atoms with van der Waals surface area (Å²) in [5.74, 6) is 2.08. The average Bonchev–Trinajstić information content (AvgIpc) is 3.22. The van der Waals surface area contributed by atoms with Crippen LogP contribution in [0.15, 0.2) is 110 Å². The maximum absolute atomic E-state index is 6.28. The second-order valence-electron chi connectivity index (χ2n) is 10.2. The van der Waals surface area contributed by atoms with Gasteiger partial charge in [-0.2, -0.15) is 12.1 Å². The van der Waals surface area contributed by atoms with Crippen molar-refractivity contribution in [2.45, 2.75) is 26.2 Å². The summed E-state index contributed by atoms with van der Waals surface area (Å²) in [6, 6.07) is 29.4. The molecule has 2 aromatic heterocycles. The number of nitrogens with zero attached hydrogens (tertiary/aromatic N) is 3. The first kappa shape index (κ1) is 26.6. The minimum atomic E-state index is 0. The number of rotatable bonds is 4. The largest absolute Gasteiger partial charge is 0.510 e. The number of ether oxygens (including phenoxy) is 1. The van der Waals surface area contributed by atoms with Crippen molar-refractivity contribution >= 4 is 33.7 Å². The van der Waals surface area contributed by atoms with Gasteiger partial charge < -0.3 is 13.9 Å². The fraction of sp³-hybridized carbons (Fsp3) is 0.118. The van der Waals surface area contributed by atoms with Gasteiger partial charge in [0.15, 0.2) is 0 Å². The predicted molar refractivity (Wildman–Crippen MR) is 154 cm³/mol. The summed E-state index contributed by atoms with van der Waals surface area (Å²) in [4.78, 5) is 4.75. The summed E-state index contributed by atoms with van der Waals surface area (Å²) in [7, 11) is 0. The quantitative estimate of drug-likeness (QED) is 0.141. The molecule has 0 radical (unpaired) electrons. The van der Waals surface area contributed by atoms with Gasteiger partial charge in [0.1, 0.15) is 12.0 Å². The smallest absolute Gasteiger partial charge is 0.150 e. The van der Waals surface area contributed by atoms with Gasteiger partial charge in [0.2, 0.25) is 0 Å². The van der Waals surface area contributed by atoms with E-state index in [2.05, 4.69) is 86.2 Å².